The first-order valence-corrected chi connectivity index (χ1v) is 9.93. The van der Waals surface area contributed by atoms with Crippen LogP contribution in [0, 0.1) is 6.92 Å². The molecule has 1 aliphatic rings. The number of allylic oxidation sites excluding steroid dienone is 1. The number of unbranched alkanes of at least 4 members (excludes halogenated alkanes) is 4. The molecule has 0 spiro atoms. The van der Waals surface area contributed by atoms with Crippen molar-refractivity contribution in [2.24, 2.45) is 0 Å². The van der Waals surface area contributed by atoms with Gasteiger partial charge in [0.2, 0.25) is 11.6 Å². The highest BCUT2D eigenvalue weighted by atomic mass is 16.5. The van der Waals surface area contributed by atoms with E-state index < -0.39 is 11.6 Å². The lowest BCUT2D eigenvalue weighted by molar-refractivity contribution is -0.134. The van der Waals surface area contributed by atoms with Crippen molar-refractivity contribution in [1.82, 2.24) is 0 Å². The topological polar surface area (TPSA) is 60.4 Å². The zero-order valence-electron chi connectivity index (χ0n) is 17.1. The molecular formula is C23H30O4. The van der Waals surface area contributed by atoms with Crippen LogP contribution in [0.2, 0.25) is 0 Å². The number of carbonyl (C=O) groups excluding carboxylic acids is 3. The number of Topliss-reactive ketones (excluding diaryl/α,β-unsaturated/α-hetero) is 2. The third-order valence-corrected chi connectivity index (χ3v) is 5.00. The van der Waals surface area contributed by atoms with E-state index in [0.717, 1.165) is 30.4 Å². The van der Waals surface area contributed by atoms with Crippen LogP contribution in [0.4, 0.5) is 0 Å². The lowest BCUT2D eigenvalue weighted by Crippen LogP contribution is -2.23. The summed E-state index contributed by atoms with van der Waals surface area (Å²) >= 11 is 0. The molecule has 1 aromatic carbocycles. The molecule has 146 valence electrons. The number of fused-ring (bicyclic) bond motifs is 1. The molecule has 4 heteroatoms. The van der Waals surface area contributed by atoms with Crippen molar-refractivity contribution in [3.05, 3.63) is 33.9 Å². The first-order valence-electron chi connectivity index (χ1n) is 9.93. The molecule has 27 heavy (non-hydrogen) atoms. The van der Waals surface area contributed by atoms with Crippen LogP contribution in [0.25, 0.3) is 6.08 Å². The number of hydrogen-bond donors (Lipinski definition) is 0. The molecular weight excluding hydrogens is 340 g/mol. The number of hydrogen-bond acceptors (Lipinski definition) is 4. The van der Waals surface area contributed by atoms with E-state index >= 15 is 0 Å². The number of benzene rings is 1. The SMILES string of the molecule is CCCCCCCC(=O)Oc1cc(C)c2c(c1C(C)C)C=C(C)C(=O)C2=O. The van der Waals surface area contributed by atoms with Gasteiger partial charge in [-0.15, -0.1) is 0 Å². The second kappa shape index (κ2) is 9.12. The fourth-order valence-electron chi connectivity index (χ4n) is 3.58. The molecule has 0 aromatic heterocycles. The number of aryl methyl sites for hydroxylation is 1. The van der Waals surface area contributed by atoms with Crippen LogP contribution in [-0.2, 0) is 9.59 Å². The van der Waals surface area contributed by atoms with Gasteiger partial charge in [-0.1, -0.05) is 46.5 Å². The molecule has 0 radical (unpaired) electrons. The summed E-state index contributed by atoms with van der Waals surface area (Å²) in [5.74, 6) is -0.621. The third kappa shape index (κ3) is 4.74. The molecule has 1 aromatic rings. The van der Waals surface area contributed by atoms with Crippen molar-refractivity contribution >= 4 is 23.6 Å². The van der Waals surface area contributed by atoms with Crippen molar-refractivity contribution in [2.75, 3.05) is 0 Å². The van der Waals surface area contributed by atoms with Gasteiger partial charge in [-0.2, -0.15) is 0 Å². The van der Waals surface area contributed by atoms with Gasteiger partial charge >= 0.3 is 5.97 Å². The smallest absolute Gasteiger partial charge is 0.311 e. The van der Waals surface area contributed by atoms with Gasteiger partial charge in [-0.3, -0.25) is 14.4 Å². The molecule has 0 fully saturated rings. The van der Waals surface area contributed by atoms with Crippen molar-refractivity contribution in [1.29, 1.82) is 0 Å². The number of carbonyl (C=O) groups is 3. The predicted molar refractivity (Wildman–Crippen MR) is 107 cm³/mol. The maximum Gasteiger partial charge on any atom is 0.311 e. The normalized spacial score (nSPS) is 13.6. The molecule has 0 saturated heterocycles. The zero-order valence-corrected chi connectivity index (χ0v) is 17.1. The van der Waals surface area contributed by atoms with E-state index in [2.05, 4.69) is 6.92 Å². The Morgan fingerprint density at radius 1 is 1.04 bits per heavy atom. The fourth-order valence-corrected chi connectivity index (χ4v) is 3.58. The van der Waals surface area contributed by atoms with Crippen LogP contribution in [0.15, 0.2) is 11.6 Å². The van der Waals surface area contributed by atoms with Gasteiger partial charge in [0.15, 0.2) is 0 Å². The Hall–Kier alpha value is -2.23. The van der Waals surface area contributed by atoms with Crippen molar-refractivity contribution in [3.63, 3.8) is 0 Å². The molecule has 0 amide bonds. The molecule has 0 bridgehead atoms. The first kappa shape index (κ1) is 21.1. The molecule has 1 aliphatic carbocycles. The van der Waals surface area contributed by atoms with E-state index in [1.807, 2.05) is 13.8 Å². The van der Waals surface area contributed by atoms with E-state index in [0.29, 0.717) is 28.9 Å². The molecule has 0 heterocycles. The summed E-state index contributed by atoms with van der Waals surface area (Å²) < 4.78 is 5.69. The Kier molecular flexibility index (Phi) is 7.11. The number of rotatable bonds is 8. The Balaban J connectivity index is 2.30. The highest BCUT2D eigenvalue weighted by Gasteiger charge is 2.31. The van der Waals surface area contributed by atoms with Gasteiger partial charge in [0.25, 0.3) is 0 Å². The minimum atomic E-state index is -0.474. The van der Waals surface area contributed by atoms with Crippen LogP contribution in [-0.4, -0.2) is 17.5 Å². The summed E-state index contributed by atoms with van der Waals surface area (Å²) in [5, 5.41) is 0. The summed E-state index contributed by atoms with van der Waals surface area (Å²) in [6, 6.07) is 1.73. The number of ether oxygens (including phenoxy) is 1. The average molecular weight is 370 g/mol. The molecule has 0 unspecified atom stereocenters. The van der Waals surface area contributed by atoms with Crippen LogP contribution < -0.4 is 4.74 Å². The molecule has 2 rings (SSSR count). The summed E-state index contributed by atoms with van der Waals surface area (Å²) in [4.78, 5) is 36.9. The van der Waals surface area contributed by atoms with Gasteiger partial charge in [-0.05, 0) is 49.5 Å². The average Bonchev–Trinajstić information content (AvgIpc) is 2.58. The molecule has 0 aliphatic heterocycles. The predicted octanol–water partition coefficient (Wildman–Crippen LogP) is 5.55. The Labute approximate surface area is 162 Å². The second-order valence-electron chi connectivity index (χ2n) is 7.67. The van der Waals surface area contributed by atoms with E-state index in [1.165, 1.54) is 12.8 Å². The van der Waals surface area contributed by atoms with Crippen LogP contribution in [0.1, 0.15) is 99.2 Å². The minimum Gasteiger partial charge on any atom is -0.426 e. The fraction of sp³-hybridized carbons (Fsp3) is 0.522. The lowest BCUT2D eigenvalue weighted by Gasteiger charge is -2.23. The quantitative estimate of drug-likeness (QED) is 0.260. The highest BCUT2D eigenvalue weighted by Crippen LogP contribution is 2.38. The maximum absolute atomic E-state index is 12.5. The summed E-state index contributed by atoms with van der Waals surface area (Å²) in [5.41, 5.74) is 3.07. The van der Waals surface area contributed by atoms with Gasteiger partial charge in [0.1, 0.15) is 5.75 Å². The van der Waals surface area contributed by atoms with Crippen LogP contribution >= 0.6 is 0 Å². The minimum absolute atomic E-state index is 0.0526. The lowest BCUT2D eigenvalue weighted by atomic mass is 9.82. The molecule has 0 N–H and O–H groups in total. The van der Waals surface area contributed by atoms with Crippen molar-refractivity contribution in [3.8, 4) is 5.75 Å². The molecule has 0 atom stereocenters. The van der Waals surface area contributed by atoms with E-state index in [1.54, 1.807) is 26.0 Å². The Morgan fingerprint density at radius 2 is 1.70 bits per heavy atom. The van der Waals surface area contributed by atoms with Crippen LogP contribution in [0.5, 0.6) is 5.75 Å². The molecule has 4 nitrogen and oxygen atoms in total. The van der Waals surface area contributed by atoms with Gasteiger partial charge in [-0.25, -0.2) is 0 Å². The summed E-state index contributed by atoms with van der Waals surface area (Å²) in [7, 11) is 0. The Morgan fingerprint density at radius 3 is 2.33 bits per heavy atom. The zero-order chi connectivity index (χ0) is 20.1. The van der Waals surface area contributed by atoms with E-state index in [-0.39, 0.29) is 11.9 Å². The molecule has 0 saturated carbocycles. The largest absolute Gasteiger partial charge is 0.426 e. The van der Waals surface area contributed by atoms with Crippen LogP contribution in [0.3, 0.4) is 0 Å². The Bertz CT molecular complexity index is 784. The monoisotopic (exact) mass is 370 g/mol. The first-order chi connectivity index (χ1) is 12.8. The van der Waals surface area contributed by atoms with E-state index in [4.69, 9.17) is 4.74 Å². The van der Waals surface area contributed by atoms with Crippen molar-refractivity contribution in [2.45, 2.75) is 79.1 Å². The maximum atomic E-state index is 12.5. The highest BCUT2D eigenvalue weighted by molar-refractivity contribution is 6.52. The third-order valence-electron chi connectivity index (χ3n) is 5.00. The summed E-state index contributed by atoms with van der Waals surface area (Å²) in [6.45, 7) is 9.59. The standard InChI is InChI=1S/C23H30O4/c1-6-7-8-9-10-11-19(24)27-18-13-15(4)21-17(20(18)14(2)3)12-16(5)22(25)23(21)26/h12-14H,6-11H2,1-5H3. The van der Waals surface area contributed by atoms with E-state index in [9.17, 15) is 14.4 Å². The van der Waals surface area contributed by atoms with Crippen molar-refractivity contribution < 1.29 is 19.1 Å². The summed E-state index contributed by atoms with van der Waals surface area (Å²) in [6.07, 6.45) is 7.50. The number of esters is 1. The van der Waals surface area contributed by atoms with Gasteiger partial charge in [0, 0.05) is 23.1 Å². The van der Waals surface area contributed by atoms with Gasteiger partial charge in [0.05, 0.1) is 0 Å². The second-order valence-corrected chi connectivity index (χ2v) is 7.67. The van der Waals surface area contributed by atoms with Gasteiger partial charge < -0.3 is 4.74 Å². The number of ketones is 2.